The fourth-order valence-electron chi connectivity index (χ4n) is 4.21. The van der Waals surface area contributed by atoms with Crippen LogP contribution in [0, 0.1) is 0 Å². The van der Waals surface area contributed by atoms with E-state index in [-0.39, 0.29) is 29.8 Å². The maximum Gasteiger partial charge on any atom is 0.258 e. The average Bonchev–Trinajstić information content (AvgIpc) is 3.47. The molecule has 1 atom stereocenters. The van der Waals surface area contributed by atoms with Crippen molar-refractivity contribution < 1.29 is 9.59 Å². The Morgan fingerprint density at radius 1 is 1.06 bits per heavy atom. The zero-order chi connectivity index (χ0) is 23.5. The molecule has 0 saturated carbocycles. The molecule has 0 radical (unpaired) electrons. The predicted octanol–water partition coefficient (Wildman–Crippen LogP) is 4.57. The van der Waals surface area contributed by atoms with Gasteiger partial charge in [0.1, 0.15) is 6.33 Å². The fourth-order valence-corrected chi connectivity index (χ4v) is 4.21. The molecule has 33 heavy (non-hydrogen) atoms. The number of nitrogens with zero attached hydrogens (tertiary/aromatic N) is 4. The second-order valence-corrected chi connectivity index (χ2v) is 8.77. The van der Waals surface area contributed by atoms with Crippen molar-refractivity contribution in [3.8, 4) is 0 Å². The van der Waals surface area contributed by atoms with Gasteiger partial charge in [0.15, 0.2) is 5.82 Å². The summed E-state index contributed by atoms with van der Waals surface area (Å²) in [4.78, 5) is 32.6. The number of carbonyl (C=O) groups excluding carboxylic acids is 2. The Morgan fingerprint density at radius 3 is 2.42 bits per heavy atom. The van der Waals surface area contributed by atoms with E-state index in [1.165, 1.54) is 0 Å². The van der Waals surface area contributed by atoms with Crippen molar-refractivity contribution in [2.24, 2.45) is 0 Å². The molecule has 2 heterocycles. The van der Waals surface area contributed by atoms with Crippen molar-refractivity contribution in [3.63, 3.8) is 0 Å². The number of hydrogen-bond donors (Lipinski definition) is 1. The lowest BCUT2D eigenvalue weighted by molar-refractivity contribution is 0.0934. The highest BCUT2D eigenvalue weighted by Crippen LogP contribution is 2.40. The molecule has 7 heteroatoms. The van der Waals surface area contributed by atoms with E-state index in [4.69, 9.17) is 0 Å². The number of fused-ring (bicyclic) bond motifs is 1. The molecule has 0 saturated heterocycles. The Balaban J connectivity index is 1.72. The molecule has 4 rings (SSSR count). The fraction of sp³-hybridized carbons (Fsp3) is 0.385. The van der Waals surface area contributed by atoms with E-state index in [2.05, 4.69) is 29.2 Å². The maximum atomic E-state index is 13.3. The van der Waals surface area contributed by atoms with E-state index in [1.807, 2.05) is 61.0 Å². The smallest absolute Gasteiger partial charge is 0.258 e. The molecule has 0 unspecified atom stereocenters. The number of anilines is 1. The van der Waals surface area contributed by atoms with Crippen molar-refractivity contribution in [2.45, 2.75) is 58.5 Å². The first-order chi connectivity index (χ1) is 15.9. The van der Waals surface area contributed by atoms with E-state index < -0.39 is 0 Å². The lowest BCUT2D eigenvalue weighted by Gasteiger charge is -2.18. The number of aromatic nitrogens is 3. The molecule has 0 bridgehead atoms. The van der Waals surface area contributed by atoms with Crippen molar-refractivity contribution in [2.75, 3.05) is 11.4 Å². The standard InChI is InChI=1S/C26H31N5O2/c1-5-20(6-2)28-25(32)19-12-13-23-21(14-19)22(24-27-16-31(29-24)17(3)4)15-30(23)26(33)18-10-8-7-9-11-18/h7-14,16-17,20,22H,5-6,15H2,1-4H3,(H,28,32)/t22-/m0/s1. The largest absolute Gasteiger partial charge is 0.349 e. The van der Waals surface area contributed by atoms with Crippen molar-refractivity contribution >= 4 is 17.5 Å². The molecule has 2 aromatic carbocycles. The van der Waals surface area contributed by atoms with E-state index in [0.29, 0.717) is 23.5 Å². The molecule has 2 amide bonds. The summed E-state index contributed by atoms with van der Waals surface area (Å²) in [5.41, 5.74) is 2.91. The van der Waals surface area contributed by atoms with Crippen LogP contribution in [0.4, 0.5) is 5.69 Å². The summed E-state index contributed by atoms with van der Waals surface area (Å²) < 4.78 is 1.82. The van der Waals surface area contributed by atoms with Gasteiger partial charge in [-0.3, -0.25) is 14.3 Å². The first-order valence-electron chi connectivity index (χ1n) is 11.7. The molecule has 0 spiro atoms. The van der Waals surface area contributed by atoms with Crippen LogP contribution in [0.25, 0.3) is 0 Å². The maximum absolute atomic E-state index is 13.3. The monoisotopic (exact) mass is 445 g/mol. The molecule has 172 valence electrons. The Bertz CT molecular complexity index is 1130. The van der Waals surface area contributed by atoms with Gasteiger partial charge in [0.2, 0.25) is 0 Å². The third-order valence-electron chi connectivity index (χ3n) is 6.27. The molecule has 1 aromatic heterocycles. The van der Waals surface area contributed by atoms with Crippen LogP contribution in [0.5, 0.6) is 0 Å². The van der Waals surface area contributed by atoms with Crippen LogP contribution in [0.15, 0.2) is 54.9 Å². The molecule has 1 N–H and O–H groups in total. The minimum absolute atomic E-state index is 0.0723. The van der Waals surface area contributed by atoms with Crippen LogP contribution in [-0.2, 0) is 0 Å². The summed E-state index contributed by atoms with van der Waals surface area (Å²) >= 11 is 0. The van der Waals surface area contributed by atoms with Crippen molar-refractivity contribution in [1.82, 2.24) is 20.1 Å². The first-order valence-corrected chi connectivity index (χ1v) is 11.7. The van der Waals surface area contributed by atoms with Gasteiger partial charge in [0.05, 0.1) is 5.92 Å². The van der Waals surface area contributed by atoms with Gasteiger partial charge in [-0.25, -0.2) is 4.98 Å². The predicted molar refractivity (Wildman–Crippen MR) is 129 cm³/mol. The van der Waals surface area contributed by atoms with E-state index in [1.54, 1.807) is 17.3 Å². The zero-order valence-corrected chi connectivity index (χ0v) is 19.7. The Labute approximate surface area is 194 Å². The van der Waals surface area contributed by atoms with Gasteiger partial charge in [0.25, 0.3) is 11.8 Å². The number of rotatable bonds is 7. The Morgan fingerprint density at radius 2 is 1.79 bits per heavy atom. The van der Waals surface area contributed by atoms with Gasteiger partial charge in [0, 0.05) is 35.4 Å². The van der Waals surface area contributed by atoms with Gasteiger partial charge in [-0.05, 0) is 62.6 Å². The van der Waals surface area contributed by atoms with Crippen LogP contribution >= 0.6 is 0 Å². The SMILES string of the molecule is CCC(CC)NC(=O)c1ccc2c(c1)[C@@H](c1ncn(C(C)C)n1)CN2C(=O)c1ccccc1. The summed E-state index contributed by atoms with van der Waals surface area (Å²) in [5.74, 6) is 0.287. The van der Waals surface area contributed by atoms with Gasteiger partial charge in [-0.15, -0.1) is 0 Å². The van der Waals surface area contributed by atoms with Gasteiger partial charge in [-0.2, -0.15) is 5.10 Å². The number of hydrogen-bond acceptors (Lipinski definition) is 4. The van der Waals surface area contributed by atoms with E-state index in [0.717, 1.165) is 24.1 Å². The normalized spacial score (nSPS) is 15.2. The average molecular weight is 446 g/mol. The molecule has 3 aromatic rings. The molecule has 7 nitrogen and oxygen atoms in total. The Kier molecular flexibility index (Phi) is 6.58. The second kappa shape index (κ2) is 9.57. The highest BCUT2D eigenvalue weighted by molar-refractivity contribution is 6.08. The third-order valence-corrected chi connectivity index (χ3v) is 6.27. The minimum Gasteiger partial charge on any atom is -0.349 e. The van der Waals surface area contributed by atoms with E-state index in [9.17, 15) is 9.59 Å². The number of carbonyl (C=O) groups is 2. The third kappa shape index (κ3) is 4.53. The lowest BCUT2D eigenvalue weighted by Crippen LogP contribution is -2.33. The number of nitrogens with one attached hydrogen (secondary N) is 1. The number of benzene rings is 2. The molecular weight excluding hydrogens is 414 g/mol. The van der Waals surface area contributed by atoms with Crippen LogP contribution in [0.2, 0.25) is 0 Å². The van der Waals surface area contributed by atoms with Crippen molar-refractivity contribution in [3.05, 3.63) is 77.4 Å². The quantitative estimate of drug-likeness (QED) is 0.578. The lowest BCUT2D eigenvalue weighted by atomic mass is 9.98. The first kappa shape index (κ1) is 22.7. The highest BCUT2D eigenvalue weighted by Gasteiger charge is 2.36. The van der Waals surface area contributed by atoms with E-state index >= 15 is 0 Å². The summed E-state index contributed by atoms with van der Waals surface area (Å²) in [6.07, 6.45) is 3.49. The molecular formula is C26H31N5O2. The van der Waals surface area contributed by atoms with Crippen LogP contribution in [0.3, 0.4) is 0 Å². The van der Waals surface area contributed by atoms with Gasteiger partial charge >= 0.3 is 0 Å². The van der Waals surface area contributed by atoms with Crippen LogP contribution in [-0.4, -0.2) is 39.2 Å². The molecule has 1 aliphatic rings. The second-order valence-electron chi connectivity index (χ2n) is 8.77. The highest BCUT2D eigenvalue weighted by atomic mass is 16.2. The summed E-state index contributed by atoms with van der Waals surface area (Å²) in [6.45, 7) is 8.66. The number of amides is 2. The molecule has 0 fully saturated rings. The minimum atomic E-state index is -0.200. The van der Waals surface area contributed by atoms with Crippen LogP contribution in [0.1, 0.15) is 84.6 Å². The summed E-state index contributed by atoms with van der Waals surface area (Å²) in [5, 5.41) is 7.78. The zero-order valence-electron chi connectivity index (χ0n) is 19.7. The van der Waals surface area contributed by atoms with Gasteiger partial charge < -0.3 is 10.2 Å². The topological polar surface area (TPSA) is 80.1 Å². The van der Waals surface area contributed by atoms with Crippen molar-refractivity contribution in [1.29, 1.82) is 0 Å². The summed E-state index contributed by atoms with van der Waals surface area (Å²) in [6, 6.07) is 15.1. The van der Waals surface area contributed by atoms with Gasteiger partial charge in [-0.1, -0.05) is 32.0 Å². The molecule has 0 aliphatic carbocycles. The molecule has 1 aliphatic heterocycles. The Hall–Kier alpha value is -3.48. The van der Waals surface area contributed by atoms with Crippen LogP contribution < -0.4 is 10.2 Å². The summed E-state index contributed by atoms with van der Waals surface area (Å²) in [7, 11) is 0.